The second kappa shape index (κ2) is 5.40. The summed E-state index contributed by atoms with van der Waals surface area (Å²) in [5, 5.41) is 20.4. The first-order valence-electron chi connectivity index (χ1n) is 4.75. The van der Waals surface area contributed by atoms with Gasteiger partial charge in [-0.3, -0.25) is 0 Å². The van der Waals surface area contributed by atoms with Crippen molar-refractivity contribution in [3.05, 3.63) is 45.0 Å². The van der Waals surface area contributed by atoms with Crippen LogP contribution in [0.25, 0.3) is 0 Å². The molecule has 18 heavy (non-hydrogen) atoms. The molecule has 0 unspecified atom stereocenters. The number of nitriles is 1. The minimum Gasteiger partial charge on any atom is -0.336 e. The molecule has 0 aliphatic heterocycles. The Morgan fingerprint density at radius 2 is 1.83 bits per heavy atom. The highest BCUT2D eigenvalue weighted by Gasteiger charge is 2.09. The van der Waals surface area contributed by atoms with E-state index in [0.29, 0.717) is 32.1 Å². The molecule has 0 saturated heterocycles. The lowest BCUT2D eigenvalue weighted by molar-refractivity contribution is 1.03. The van der Waals surface area contributed by atoms with E-state index in [9.17, 15) is 0 Å². The summed E-state index contributed by atoms with van der Waals surface area (Å²) < 4.78 is 0. The Bertz CT molecular complexity index is 637. The Hall–Kier alpha value is -1.54. The predicted molar refractivity (Wildman–Crippen MR) is 71.5 cm³/mol. The number of halogens is 3. The summed E-state index contributed by atoms with van der Waals surface area (Å²) in [5.41, 5.74) is 0.857. The highest BCUT2D eigenvalue weighted by Crippen LogP contribution is 2.33. The highest BCUT2D eigenvalue weighted by atomic mass is 35.5. The third kappa shape index (κ3) is 2.65. The molecule has 2 aromatic rings. The van der Waals surface area contributed by atoms with E-state index in [1.165, 1.54) is 12.3 Å². The fourth-order valence-electron chi connectivity index (χ4n) is 1.26. The van der Waals surface area contributed by atoms with Gasteiger partial charge in [-0.1, -0.05) is 34.8 Å². The molecule has 0 spiro atoms. The first kappa shape index (κ1) is 12.9. The van der Waals surface area contributed by atoms with E-state index in [0.717, 1.165) is 0 Å². The van der Waals surface area contributed by atoms with Gasteiger partial charge in [-0.15, -0.1) is 5.10 Å². The fraction of sp³-hybridized carbons (Fsp3) is 0. The lowest BCUT2D eigenvalue weighted by Crippen LogP contribution is -1.99. The van der Waals surface area contributed by atoms with Gasteiger partial charge >= 0.3 is 0 Å². The van der Waals surface area contributed by atoms with Gasteiger partial charge in [0.15, 0.2) is 5.82 Å². The first-order chi connectivity index (χ1) is 8.61. The van der Waals surface area contributed by atoms with Crippen molar-refractivity contribution in [3.63, 3.8) is 0 Å². The summed E-state index contributed by atoms with van der Waals surface area (Å²) in [6.45, 7) is 0. The van der Waals surface area contributed by atoms with Crippen LogP contribution in [-0.4, -0.2) is 10.2 Å². The molecule has 0 amide bonds. The smallest absolute Gasteiger partial charge is 0.171 e. The van der Waals surface area contributed by atoms with Crippen molar-refractivity contribution < 1.29 is 0 Å². The van der Waals surface area contributed by atoms with E-state index < -0.39 is 0 Å². The summed E-state index contributed by atoms with van der Waals surface area (Å²) in [5.74, 6) is 0.306. The molecule has 0 aliphatic carbocycles. The molecule has 0 aliphatic rings. The third-order valence-electron chi connectivity index (χ3n) is 2.10. The van der Waals surface area contributed by atoms with Gasteiger partial charge in [0.2, 0.25) is 0 Å². The molecule has 4 nitrogen and oxygen atoms in total. The van der Waals surface area contributed by atoms with Crippen LogP contribution in [0.4, 0.5) is 11.5 Å². The Kier molecular flexibility index (Phi) is 3.87. The number of nitrogens with zero attached hydrogens (tertiary/aromatic N) is 3. The molecule has 0 atom stereocenters. The molecular weight excluding hydrogens is 295 g/mol. The number of benzene rings is 1. The van der Waals surface area contributed by atoms with E-state index in [4.69, 9.17) is 40.1 Å². The molecule has 7 heteroatoms. The lowest BCUT2D eigenvalue weighted by Gasteiger charge is -2.09. The van der Waals surface area contributed by atoms with Crippen LogP contribution in [0, 0.1) is 11.3 Å². The number of nitrogens with one attached hydrogen (secondary N) is 1. The van der Waals surface area contributed by atoms with Crippen molar-refractivity contribution in [2.75, 3.05) is 5.32 Å². The fourth-order valence-corrected chi connectivity index (χ4v) is 1.85. The van der Waals surface area contributed by atoms with Crippen LogP contribution in [-0.2, 0) is 0 Å². The number of rotatable bonds is 2. The largest absolute Gasteiger partial charge is 0.336 e. The van der Waals surface area contributed by atoms with Crippen LogP contribution in [0.5, 0.6) is 0 Å². The molecule has 90 valence electrons. The molecule has 0 fully saturated rings. The first-order valence-corrected chi connectivity index (χ1v) is 5.88. The molecule has 0 saturated carbocycles. The van der Waals surface area contributed by atoms with E-state index in [1.807, 2.05) is 6.07 Å². The van der Waals surface area contributed by atoms with Crippen LogP contribution >= 0.6 is 34.8 Å². The SMILES string of the molecule is N#Cc1ccnnc1Nc1cc(Cl)c(Cl)cc1Cl. The molecule has 0 bridgehead atoms. The van der Waals surface area contributed by atoms with Crippen molar-refractivity contribution in [2.45, 2.75) is 0 Å². The second-order valence-electron chi connectivity index (χ2n) is 3.28. The maximum atomic E-state index is 8.93. The number of aromatic nitrogens is 2. The zero-order valence-electron chi connectivity index (χ0n) is 8.78. The van der Waals surface area contributed by atoms with E-state index >= 15 is 0 Å². The highest BCUT2D eigenvalue weighted by molar-refractivity contribution is 6.44. The van der Waals surface area contributed by atoms with Crippen molar-refractivity contribution in [1.82, 2.24) is 10.2 Å². The van der Waals surface area contributed by atoms with Crippen molar-refractivity contribution in [2.24, 2.45) is 0 Å². The molecule has 1 aromatic heterocycles. The quantitative estimate of drug-likeness (QED) is 0.850. The zero-order valence-corrected chi connectivity index (χ0v) is 11.1. The zero-order chi connectivity index (χ0) is 13.1. The van der Waals surface area contributed by atoms with E-state index in [1.54, 1.807) is 12.1 Å². The minimum absolute atomic E-state index is 0.306. The van der Waals surface area contributed by atoms with Crippen LogP contribution in [0.2, 0.25) is 15.1 Å². The average molecular weight is 300 g/mol. The average Bonchev–Trinajstić information content (AvgIpc) is 2.36. The van der Waals surface area contributed by atoms with Gasteiger partial charge in [0.25, 0.3) is 0 Å². The van der Waals surface area contributed by atoms with E-state index in [-0.39, 0.29) is 0 Å². The van der Waals surface area contributed by atoms with Crippen LogP contribution < -0.4 is 5.32 Å². The summed E-state index contributed by atoms with van der Waals surface area (Å²) in [6.07, 6.45) is 1.43. The normalized spacial score (nSPS) is 9.89. The van der Waals surface area contributed by atoms with Gasteiger partial charge in [-0.05, 0) is 18.2 Å². The van der Waals surface area contributed by atoms with Gasteiger partial charge in [0.1, 0.15) is 6.07 Å². The number of anilines is 2. The molecule has 0 radical (unpaired) electrons. The van der Waals surface area contributed by atoms with Gasteiger partial charge < -0.3 is 5.32 Å². The Balaban J connectivity index is 2.41. The minimum atomic E-state index is 0.306. The Morgan fingerprint density at radius 3 is 2.56 bits per heavy atom. The van der Waals surface area contributed by atoms with Gasteiger partial charge in [0, 0.05) is 0 Å². The number of hydrogen-bond donors (Lipinski definition) is 1. The Labute approximate surface area is 118 Å². The molecule has 2 rings (SSSR count). The van der Waals surface area contributed by atoms with Crippen LogP contribution in [0.1, 0.15) is 5.56 Å². The summed E-state index contributed by atoms with van der Waals surface area (Å²) >= 11 is 17.7. The monoisotopic (exact) mass is 298 g/mol. The predicted octanol–water partition coefficient (Wildman–Crippen LogP) is 4.05. The maximum absolute atomic E-state index is 8.93. The molecular formula is C11H5Cl3N4. The standard InChI is InChI=1S/C11H5Cl3N4/c12-7-3-9(14)10(4-8(7)13)17-11-6(5-15)1-2-16-18-11/h1-4H,(H,17,18). The Morgan fingerprint density at radius 1 is 1.11 bits per heavy atom. The van der Waals surface area contributed by atoms with Gasteiger partial charge in [0.05, 0.1) is 32.5 Å². The molecule has 1 heterocycles. The van der Waals surface area contributed by atoms with Crippen molar-refractivity contribution in [1.29, 1.82) is 5.26 Å². The topological polar surface area (TPSA) is 61.6 Å². The van der Waals surface area contributed by atoms with Crippen LogP contribution in [0.15, 0.2) is 24.4 Å². The van der Waals surface area contributed by atoms with Crippen LogP contribution in [0.3, 0.4) is 0 Å². The van der Waals surface area contributed by atoms with Gasteiger partial charge in [-0.25, -0.2) is 0 Å². The van der Waals surface area contributed by atoms with Crippen molar-refractivity contribution in [3.8, 4) is 6.07 Å². The second-order valence-corrected chi connectivity index (χ2v) is 4.50. The lowest BCUT2D eigenvalue weighted by atomic mass is 10.2. The van der Waals surface area contributed by atoms with Crippen molar-refractivity contribution >= 4 is 46.3 Å². The number of hydrogen-bond acceptors (Lipinski definition) is 4. The summed E-state index contributed by atoms with van der Waals surface area (Å²) in [4.78, 5) is 0. The maximum Gasteiger partial charge on any atom is 0.171 e. The third-order valence-corrected chi connectivity index (χ3v) is 3.14. The molecule has 1 aromatic carbocycles. The van der Waals surface area contributed by atoms with E-state index in [2.05, 4.69) is 15.5 Å². The molecule has 1 N–H and O–H groups in total. The summed E-state index contributed by atoms with van der Waals surface area (Å²) in [7, 11) is 0. The van der Waals surface area contributed by atoms with Gasteiger partial charge in [-0.2, -0.15) is 10.4 Å². The summed E-state index contributed by atoms with van der Waals surface area (Å²) in [6, 6.07) is 6.60.